The predicted octanol–water partition coefficient (Wildman–Crippen LogP) is 3.94. The fourth-order valence-corrected chi connectivity index (χ4v) is 3.42. The Morgan fingerprint density at radius 2 is 1.96 bits per heavy atom. The number of aromatic nitrogens is 1. The van der Waals surface area contributed by atoms with Crippen molar-refractivity contribution >= 4 is 33.9 Å². The minimum atomic E-state index is -0.421. The Labute approximate surface area is 154 Å². The Bertz CT molecular complexity index is 911. The van der Waals surface area contributed by atoms with Crippen LogP contribution in [-0.2, 0) is 4.79 Å². The maximum absolute atomic E-state index is 12.3. The summed E-state index contributed by atoms with van der Waals surface area (Å²) in [7, 11) is 0. The first-order valence-corrected chi connectivity index (χ1v) is 8.62. The van der Waals surface area contributed by atoms with E-state index in [2.05, 4.69) is 32.4 Å². The van der Waals surface area contributed by atoms with Gasteiger partial charge in [0.2, 0.25) is 0 Å². The summed E-state index contributed by atoms with van der Waals surface area (Å²) in [5.74, 6) is -0.337. The third-order valence-electron chi connectivity index (χ3n) is 4.14. The van der Waals surface area contributed by atoms with Crippen LogP contribution in [0.3, 0.4) is 0 Å². The van der Waals surface area contributed by atoms with E-state index in [1.54, 1.807) is 6.08 Å². The lowest BCUT2D eigenvalue weighted by molar-refractivity contribution is -0.122. The molecule has 2 heterocycles. The minimum absolute atomic E-state index is 0.192. The highest BCUT2D eigenvalue weighted by molar-refractivity contribution is 9.10. The largest absolute Gasteiger partial charge is 0.329 e. The highest BCUT2D eigenvalue weighted by Gasteiger charge is 2.32. The summed E-state index contributed by atoms with van der Waals surface area (Å²) in [6.07, 6.45) is 3.25. The van der Waals surface area contributed by atoms with Gasteiger partial charge in [0.15, 0.2) is 0 Å². The molecule has 1 N–H and O–H groups in total. The molecule has 1 fully saturated rings. The number of hydrogen-bond acceptors (Lipinski definition) is 2. The summed E-state index contributed by atoms with van der Waals surface area (Å²) >= 11 is 3.58. The lowest BCUT2D eigenvalue weighted by Crippen LogP contribution is -2.30. The van der Waals surface area contributed by atoms with Crippen molar-refractivity contribution in [2.45, 2.75) is 13.8 Å². The number of imide groups is 1. The van der Waals surface area contributed by atoms with Crippen LogP contribution in [-0.4, -0.2) is 28.0 Å². The molecule has 6 heteroatoms. The van der Waals surface area contributed by atoms with Gasteiger partial charge in [0, 0.05) is 22.4 Å². The molecule has 0 unspecified atom stereocenters. The summed E-state index contributed by atoms with van der Waals surface area (Å²) in [5.41, 5.74) is 4.21. The van der Waals surface area contributed by atoms with Gasteiger partial charge in [-0.1, -0.05) is 18.2 Å². The molecule has 0 aliphatic carbocycles. The maximum Gasteiger partial charge on any atom is 0.329 e. The van der Waals surface area contributed by atoms with Gasteiger partial charge < -0.3 is 9.88 Å². The van der Waals surface area contributed by atoms with Gasteiger partial charge in [-0.15, -0.1) is 6.58 Å². The molecule has 5 nitrogen and oxygen atoms in total. The molecule has 0 spiro atoms. The van der Waals surface area contributed by atoms with E-state index < -0.39 is 6.03 Å². The predicted molar refractivity (Wildman–Crippen MR) is 101 cm³/mol. The average molecular weight is 400 g/mol. The van der Waals surface area contributed by atoms with Crippen molar-refractivity contribution in [2.24, 2.45) is 0 Å². The van der Waals surface area contributed by atoms with Gasteiger partial charge >= 0.3 is 6.03 Å². The van der Waals surface area contributed by atoms with Crippen molar-refractivity contribution in [3.05, 3.63) is 70.1 Å². The lowest BCUT2D eigenvalue weighted by Gasteiger charge is -2.11. The van der Waals surface area contributed by atoms with Crippen molar-refractivity contribution in [1.82, 2.24) is 14.8 Å². The number of para-hydroxylation sites is 1. The Morgan fingerprint density at radius 3 is 2.64 bits per heavy atom. The lowest BCUT2D eigenvalue weighted by atomic mass is 10.2. The van der Waals surface area contributed by atoms with Crippen LogP contribution in [0.25, 0.3) is 11.8 Å². The van der Waals surface area contributed by atoms with Crippen LogP contribution >= 0.6 is 15.9 Å². The van der Waals surface area contributed by atoms with Crippen LogP contribution in [0, 0.1) is 13.8 Å². The number of aryl methyl sites for hydroxylation is 1. The molecule has 3 amide bonds. The Morgan fingerprint density at radius 1 is 1.24 bits per heavy atom. The van der Waals surface area contributed by atoms with E-state index in [1.165, 1.54) is 6.08 Å². The van der Waals surface area contributed by atoms with Crippen LogP contribution in [0.2, 0.25) is 0 Å². The zero-order valence-electron chi connectivity index (χ0n) is 14.0. The Hall–Kier alpha value is -2.60. The van der Waals surface area contributed by atoms with Crippen molar-refractivity contribution in [2.75, 3.05) is 6.54 Å². The molecule has 3 rings (SSSR count). The van der Waals surface area contributed by atoms with E-state index in [1.807, 2.05) is 44.2 Å². The zero-order chi connectivity index (χ0) is 18.1. The third kappa shape index (κ3) is 3.05. The average Bonchev–Trinajstić information content (AvgIpc) is 2.99. The van der Waals surface area contributed by atoms with E-state index in [4.69, 9.17) is 0 Å². The molecule has 25 heavy (non-hydrogen) atoms. The van der Waals surface area contributed by atoms with Gasteiger partial charge in [0.05, 0.1) is 5.69 Å². The highest BCUT2D eigenvalue weighted by Crippen LogP contribution is 2.28. The first-order valence-electron chi connectivity index (χ1n) is 7.83. The topological polar surface area (TPSA) is 54.3 Å². The second-order valence-corrected chi connectivity index (χ2v) is 6.66. The van der Waals surface area contributed by atoms with Gasteiger partial charge in [0.1, 0.15) is 5.70 Å². The number of amides is 3. The number of carbonyl (C=O) groups is 2. The molecule has 1 saturated heterocycles. The van der Waals surface area contributed by atoms with Gasteiger partial charge in [-0.25, -0.2) is 4.79 Å². The smallest absolute Gasteiger partial charge is 0.317 e. The van der Waals surface area contributed by atoms with Crippen molar-refractivity contribution in [1.29, 1.82) is 0 Å². The molecular weight excluding hydrogens is 382 g/mol. The number of nitrogens with zero attached hydrogens (tertiary/aromatic N) is 2. The molecule has 0 radical (unpaired) electrons. The molecule has 1 aromatic carbocycles. The quantitative estimate of drug-likeness (QED) is 0.480. The summed E-state index contributed by atoms with van der Waals surface area (Å²) in [5, 5.41) is 2.63. The van der Waals surface area contributed by atoms with Gasteiger partial charge in [-0.3, -0.25) is 9.69 Å². The number of urea groups is 1. The van der Waals surface area contributed by atoms with Gasteiger partial charge in [0.25, 0.3) is 5.91 Å². The first-order chi connectivity index (χ1) is 11.9. The summed E-state index contributed by atoms with van der Waals surface area (Å²) < 4.78 is 3.09. The number of nitrogens with one attached hydrogen (secondary N) is 1. The Balaban J connectivity index is 2.02. The molecule has 1 aliphatic heterocycles. The monoisotopic (exact) mass is 399 g/mol. The second-order valence-electron chi connectivity index (χ2n) is 5.81. The normalized spacial score (nSPS) is 15.8. The minimum Gasteiger partial charge on any atom is -0.317 e. The SMILES string of the molecule is C=CCN1C(=O)N/C(=C/c2cc(C)n(-c3ccccc3Br)c2C)C1=O. The standard InChI is InChI=1S/C19H18BrN3O2/c1-4-9-22-18(24)16(21-19(22)25)11-14-10-12(2)23(13(14)3)17-8-6-5-7-15(17)20/h4-8,10-11H,1,9H2,2-3H3,(H,21,25)/b16-11+. The molecule has 1 aliphatic rings. The van der Waals surface area contributed by atoms with Crippen LogP contribution in [0.15, 0.2) is 53.2 Å². The van der Waals surface area contributed by atoms with E-state index >= 15 is 0 Å². The fraction of sp³-hybridized carbons (Fsp3) is 0.158. The van der Waals surface area contributed by atoms with E-state index in [0.717, 1.165) is 32.0 Å². The third-order valence-corrected chi connectivity index (χ3v) is 4.81. The summed E-state index contributed by atoms with van der Waals surface area (Å²) in [4.78, 5) is 25.4. The maximum atomic E-state index is 12.3. The summed E-state index contributed by atoms with van der Waals surface area (Å²) in [6.45, 7) is 7.76. The van der Waals surface area contributed by atoms with E-state index in [0.29, 0.717) is 0 Å². The number of carbonyl (C=O) groups excluding carboxylic acids is 2. The number of rotatable bonds is 4. The number of hydrogen-bond donors (Lipinski definition) is 1. The van der Waals surface area contributed by atoms with Crippen LogP contribution in [0.4, 0.5) is 4.79 Å². The summed E-state index contributed by atoms with van der Waals surface area (Å²) in [6, 6.07) is 9.53. The number of benzene rings is 1. The highest BCUT2D eigenvalue weighted by atomic mass is 79.9. The molecule has 0 saturated carbocycles. The van der Waals surface area contributed by atoms with Crippen LogP contribution in [0.5, 0.6) is 0 Å². The van der Waals surface area contributed by atoms with Gasteiger partial charge in [-0.2, -0.15) is 0 Å². The molecule has 0 bridgehead atoms. The molecule has 0 atom stereocenters. The van der Waals surface area contributed by atoms with Crippen molar-refractivity contribution in [3.8, 4) is 5.69 Å². The van der Waals surface area contributed by atoms with E-state index in [-0.39, 0.29) is 18.1 Å². The van der Waals surface area contributed by atoms with Crippen LogP contribution < -0.4 is 5.32 Å². The van der Waals surface area contributed by atoms with Crippen LogP contribution in [0.1, 0.15) is 17.0 Å². The van der Waals surface area contributed by atoms with Crippen molar-refractivity contribution < 1.29 is 9.59 Å². The fourth-order valence-electron chi connectivity index (χ4n) is 2.96. The van der Waals surface area contributed by atoms with E-state index in [9.17, 15) is 9.59 Å². The zero-order valence-corrected chi connectivity index (χ0v) is 15.6. The molecular formula is C19H18BrN3O2. The molecule has 1 aromatic heterocycles. The van der Waals surface area contributed by atoms with Gasteiger partial charge in [-0.05, 0) is 59.6 Å². The molecule has 2 aromatic rings. The first kappa shape index (κ1) is 17.2. The second kappa shape index (κ2) is 6.72. The number of halogens is 1. The van der Waals surface area contributed by atoms with Crippen molar-refractivity contribution in [3.63, 3.8) is 0 Å². The Kier molecular flexibility index (Phi) is 4.63. The molecule has 128 valence electrons.